The van der Waals surface area contributed by atoms with Crippen LogP contribution in [-0.4, -0.2) is 55.0 Å². The Morgan fingerprint density at radius 3 is 2.65 bits per heavy atom. The summed E-state index contributed by atoms with van der Waals surface area (Å²) in [4.78, 5) is 2.23. The van der Waals surface area contributed by atoms with Crippen LogP contribution < -0.4 is 5.32 Å². The zero-order valence-electron chi connectivity index (χ0n) is 12.6. The van der Waals surface area contributed by atoms with Crippen LogP contribution in [0.1, 0.15) is 40.0 Å². The summed E-state index contributed by atoms with van der Waals surface area (Å²) in [6.45, 7) is 6.59. The molecule has 0 amide bonds. The minimum absolute atomic E-state index is 0.0348. The van der Waals surface area contributed by atoms with Crippen molar-refractivity contribution in [3.8, 4) is 6.07 Å². The van der Waals surface area contributed by atoms with Gasteiger partial charge in [-0.2, -0.15) is 5.26 Å². The summed E-state index contributed by atoms with van der Waals surface area (Å²) in [6.07, 6.45) is 3.04. The van der Waals surface area contributed by atoms with E-state index < -0.39 is 15.4 Å². The molecule has 0 spiro atoms. The Bertz CT molecular complexity index is 495. The number of hydrogen-bond acceptors (Lipinski definition) is 5. The van der Waals surface area contributed by atoms with Gasteiger partial charge in [-0.25, -0.2) is 8.42 Å². The van der Waals surface area contributed by atoms with Crippen LogP contribution in [0.4, 0.5) is 0 Å². The topological polar surface area (TPSA) is 73.2 Å². The number of nitriles is 1. The van der Waals surface area contributed by atoms with E-state index in [1.54, 1.807) is 0 Å². The van der Waals surface area contributed by atoms with Crippen LogP contribution in [-0.2, 0) is 9.84 Å². The number of rotatable bonds is 5. The van der Waals surface area contributed by atoms with Gasteiger partial charge in [0, 0.05) is 24.7 Å². The fraction of sp³-hybridized carbons (Fsp3) is 0.929. The summed E-state index contributed by atoms with van der Waals surface area (Å²) >= 11 is 0. The van der Waals surface area contributed by atoms with Crippen LogP contribution >= 0.6 is 0 Å². The number of nitrogens with one attached hydrogen (secondary N) is 1. The van der Waals surface area contributed by atoms with Crippen molar-refractivity contribution in [2.75, 3.05) is 18.1 Å². The van der Waals surface area contributed by atoms with E-state index in [9.17, 15) is 13.7 Å². The molecule has 3 unspecified atom stereocenters. The third-order valence-electron chi connectivity index (χ3n) is 4.34. The lowest BCUT2D eigenvalue weighted by Crippen LogP contribution is -2.54. The van der Waals surface area contributed by atoms with Gasteiger partial charge in [-0.05, 0) is 40.0 Å². The highest BCUT2D eigenvalue weighted by Gasteiger charge is 2.37. The first kappa shape index (κ1) is 15.7. The molecular weight excluding hydrogens is 274 g/mol. The van der Waals surface area contributed by atoms with Crippen LogP contribution in [0.2, 0.25) is 0 Å². The monoisotopic (exact) mass is 299 g/mol. The van der Waals surface area contributed by atoms with Crippen molar-refractivity contribution >= 4 is 9.84 Å². The van der Waals surface area contributed by atoms with Crippen LogP contribution in [0.25, 0.3) is 0 Å². The highest BCUT2D eigenvalue weighted by atomic mass is 32.2. The van der Waals surface area contributed by atoms with E-state index in [1.165, 1.54) is 0 Å². The van der Waals surface area contributed by atoms with Gasteiger partial charge in [-0.3, -0.25) is 10.2 Å². The normalized spacial score (nSPS) is 31.2. The second-order valence-corrected chi connectivity index (χ2v) is 8.85. The Morgan fingerprint density at radius 1 is 1.50 bits per heavy atom. The van der Waals surface area contributed by atoms with E-state index in [2.05, 4.69) is 23.2 Å². The number of hydrogen-bond donors (Lipinski definition) is 1. The lowest BCUT2D eigenvalue weighted by atomic mass is 9.93. The molecule has 2 rings (SSSR count). The first-order valence-corrected chi connectivity index (χ1v) is 9.22. The Balaban J connectivity index is 1.96. The predicted octanol–water partition coefficient (Wildman–Crippen LogP) is 0.918. The number of sulfone groups is 1. The van der Waals surface area contributed by atoms with Gasteiger partial charge < -0.3 is 0 Å². The second-order valence-electron chi connectivity index (χ2n) is 6.62. The smallest absolute Gasteiger partial charge is 0.153 e. The maximum atomic E-state index is 11.6. The molecule has 1 heterocycles. The molecule has 114 valence electrons. The van der Waals surface area contributed by atoms with E-state index >= 15 is 0 Å². The minimum atomic E-state index is -2.88. The molecule has 1 aliphatic carbocycles. The van der Waals surface area contributed by atoms with E-state index in [0.29, 0.717) is 12.6 Å². The molecule has 20 heavy (non-hydrogen) atoms. The summed E-state index contributed by atoms with van der Waals surface area (Å²) in [5, 5.41) is 12.8. The molecule has 2 aliphatic rings. The Morgan fingerprint density at radius 2 is 2.15 bits per heavy atom. The van der Waals surface area contributed by atoms with Gasteiger partial charge in [-0.15, -0.1) is 0 Å². The van der Waals surface area contributed by atoms with E-state index in [0.717, 1.165) is 19.3 Å². The summed E-state index contributed by atoms with van der Waals surface area (Å²) < 4.78 is 23.3. The quantitative estimate of drug-likeness (QED) is 0.817. The Kier molecular flexibility index (Phi) is 4.43. The molecule has 0 aromatic rings. The van der Waals surface area contributed by atoms with Crippen LogP contribution in [0.15, 0.2) is 0 Å². The molecule has 1 saturated carbocycles. The Labute approximate surface area is 122 Å². The lowest BCUT2D eigenvalue weighted by Gasteiger charge is -2.40. The fourth-order valence-corrected chi connectivity index (χ4v) is 4.77. The van der Waals surface area contributed by atoms with Crippen molar-refractivity contribution in [3.63, 3.8) is 0 Å². The van der Waals surface area contributed by atoms with E-state index in [-0.39, 0.29) is 23.6 Å². The maximum absolute atomic E-state index is 11.6. The maximum Gasteiger partial charge on any atom is 0.153 e. The van der Waals surface area contributed by atoms with Crippen molar-refractivity contribution in [3.05, 3.63) is 0 Å². The molecule has 3 atom stereocenters. The zero-order chi connectivity index (χ0) is 15.0. The lowest BCUT2D eigenvalue weighted by molar-refractivity contribution is 0.142. The molecular formula is C14H25N3O2S. The summed E-state index contributed by atoms with van der Waals surface area (Å²) in [7, 11) is -2.88. The largest absolute Gasteiger partial charge is 0.297 e. The summed E-state index contributed by atoms with van der Waals surface area (Å²) in [6, 6.07) is 3.13. The van der Waals surface area contributed by atoms with Gasteiger partial charge >= 0.3 is 0 Å². The van der Waals surface area contributed by atoms with Crippen LogP contribution in [0, 0.1) is 11.3 Å². The molecule has 0 aromatic carbocycles. The first-order valence-electron chi connectivity index (χ1n) is 7.40. The van der Waals surface area contributed by atoms with Gasteiger partial charge in [0.05, 0.1) is 17.6 Å². The average Bonchev–Trinajstić information content (AvgIpc) is 3.11. The highest BCUT2D eigenvalue weighted by molar-refractivity contribution is 7.91. The summed E-state index contributed by atoms with van der Waals surface area (Å²) in [5.41, 5.74) is -0.517. The molecule has 0 radical (unpaired) electrons. The standard InChI is InChI=1S/C14H25N3O2S/c1-11(8-14(3,10-15)16-13-4-5-13)17-6-7-20(18,19)9-12(17)2/h11-13,16H,4-9H2,1-3H3. The molecule has 2 fully saturated rings. The molecule has 6 heteroatoms. The van der Waals surface area contributed by atoms with Crippen molar-refractivity contribution in [1.82, 2.24) is 10.2 Å². The predicted molar refractivity (Wildman–Crippen MR) is 79.1 cm³/mol. The third-order valence-corrected chi connectivity index (χ3v) is 6.13. The van der Waals surface area contributed by atoms with Crippen molar-refractivity contribution in [2.45, 2.75) is 63.7 Å². The molecule has 1 N–H and O–H groups in total. The SMILES string of the molecule is CC(CC(C)(C#N)NC1CC1)N1CCS(=O)(=O)CC1C. The van der Waals surface area contributed by atoms with E-state index in [1.807, 2.05) is 13.8 Å². The van der Waals surface area contributed by atoms with Crippen molar-refractivity contribution < 1.29 is 8.42 Å². The third kappa shape index (κ3) is 3.94. The summed E-state index contributed by atoms with van der Waals surface area (Å²) in [5.74, 6) is 0.470. The molecule has 1 aliphatic heterocycles. The van der Waals surface area contributed by atoms with Gasteiger partial charge in [0.2, 0.25) is 0 Å². The Hall–Kier alpha value is -0.640. The van der Waals surface area contributed by atoms with Crippen LogP contribution in [0.3, 0.4) is 0 Å². The molecule has 5 nitrogen and oxygen atoms in total. The minimum Gasteiger partial charge on any atom is -0.297 e. The van der Waals surface area contributed by atoms with Crippen molar-refractivity contribution in [2.24, 2.45) is 0 Å². The molecule has 0 aromatic heterocycles. The van der Waals surface area contributed by atoms with Gasteiger partial charge in [0.15, 0.2) is 9.84 Å². The van der Waals surface area contributed by atoms with Gasteiger partial charge in [0.1, 0.15) is 5.54 Å². The fourth-order valence-electron chi connectivity index (χ4n) is 3.19. The van der Waals surface area contributed by atoms with E-state index in [4.69, 9.17) is 0 Å². The molecule has 0 bridgehead atoms. The van der Waals surface area contributed by atoms with Crippen molar-refractivity contribution in [1.29, 1.82) is 5.26 Å². The zero-order valence-corrected chi connectivity index (χ0v) is 13.4. The first-order chi connectivity index (χ1) is 9.25. The number of nitrogens with zero attached hydrogens (tertiary/aromatic N) is 2. The van der Waals surface area contributed by atoms with Gasteiger partial charge in [-0.1, -0.05) is 0 Å². The molecule has 1 saturated heterocycles. The van der Waals surface area contributed by atoms with Crippen LogP contribution in [0.5, 0.6) is 0 Å². The average molecular weight is 299 g/mol. The van der Waals surface area contributed by atoms with Gasteiger partial charge in [0.25, 0.3) is 0 Å². The second kappa shape index (κ2) is 5.63. The highest BCUT2D eigenvalue weighted by Crippen LogP contribution is 2.26.